The summed E-state index contributed by atoms with van der Waals surface area (Å²) >= 11 is 0. The van der Waals surface area contributed by atoms with E-state index in [0.29, 0.717) is 54.4 Å². The number of benzene rings is 2. The van der Waals surface area contributed by atoms with Gasteiger partial charge in [0, 0.05) is 24.8 Å². The summed E-state index contributed by atoms with van der Waals surface area (Å²) in [6.07, 6.45) is 0.468. The highest BCUT2D eigenvalue weighted by Crippen LogP contribution is 2.36. The zero-order valence-electron chi connectivity index (χ0n) is 19.5. The first-order chi connectivity index (χ1) is 16.2. The normalized spacial score (nSPS) is 20.6. The number of carbonyl (C=O) groups is 2. The van der Waals surface area contributed by atoms with E-state index >= 15 is 0 Å². The first-order valence-corrected chi connectivity index (χ1v) is 12.8. The number of anilines is 2. The maximum atomic E-state index is 13.5. The molecule has 2 atom stereocenters. The van der Waals surface area contributed by atoms with Gasteiger partial charge in [-0.3, -0.25) is 9.59 Å². The molecule has 34 heavy (non-hydrogen) atoms. The molecular weight excluding hydrogens is 458 g/mol. The second-order valence-electron chi connectivity index (χ2n) is 8.51. The summed E-state index contributed by atoms with van der Waals surface area (Å²) in [6.45, 7) is 6.16. The average molecular weight is 488 g/mol. The van der Waals surface area contributed by atoms with Crippen molar-refractivity contribution in [3.63, 3.8) is 0 Å². The van der Waals surface area contributed by atoms with Crippen LogP contribution in [-0.4, -0.2) is 50.3 Å². The largest absolute Gasteiger partial charge is 0.494 e. The number of ether oxygens (including phenoxy) is 2. The monoisotopic (exact) mass is 487 g/mol. The molecule has 0 radical (unpaired) electrons. The number of nitrogens with one attached hydrogen (secondary N) is 2. The first kappa shape index (κ1) is 24.0. The number of piperidine rings is 1. The number of hydrogen-bond acceptors (Lipinski definition) is 6. The predicted molar refractivity (Wildman–Crippen MR) is 128 cm³/mol. The fraction of sp³-hybridized carbons (Fsp3) is 0.417. The molecule has 10 heteroatoms. The van der Waals surface area contributed by atoms with Crippen molar-refractivity contribution in [2.24, 2.45) is 5.92 Å². The lowest BCUT2D eigenvalue weighted by Gasteiger charge is -2.32. The van der Waals surface area contributed by atoms with Crippen LogP contribution < -0.4 is 20.1 Å². The van der Waals surface area contributed by atoms with Crippen molar-refractivity contribution in [2.45, 2.75) is 44.6 Å². The van der Waals surface area contributed by atoms with Crippen LogP contribution in [0.3, 0.4) is 0 Å². The van der Waals surface area contributed by atoms with Crippen molar-refractivity contribution in [2.75, 3.05) is 30.3 Å². The van der Waals surface area contributed by atoms with Crippen LogP contribution in [0.25, 0.3) is 0 Å². The number of carbonyl (C=O) groups excluding carboxylic acids is 2. The minimum atomic E-state index is -3.86. The quantitative estimate of drug-likeness (QED) is 0.647. The van der Waals surface area contributed by atoms with Gasteiger partial charge in [0.25, 0.3) is 5.91 Å². The van der Waals surface area contributed by atoms with Gasteiger partial charge in [-0.15, -0.1) is 0 Å². The topological polar surface area (TPSA) is 114 Å². The van der Waals surface area contributed by atoms with Crippen LogP contribution in [0, 0.1) is 12.8 Å². The van der Waals surface area contributed by atoms with E-state index < -0.39 is 22.0 Å². The second-order valence-corrected chi connectivity index (χ2v) is 10.4. The maximum absolute atomic E-state index is 13.5. The summed E-state index contributed by atoms with van der Waals surface area (Å²) in [5, 5.41) is 5.61. The van der Waals surface area contributed by atoms with Gasteiger partial charge in [-0.2, -0.15) is 4.31 Å². The van der Waals surface area contributed by atoms with E-state index in [1.807, 2.05) is 6.92 Å². The molecule has 2 N–H and O–H groups in total. The van der Waals surface area contributed by atoms with Crippen molar-refractivity contribution >= 4 is 33.2 Å². The van der Waals surface area contributed by atoms with Gasteiger partial charge in [0.15, 0.2) is 6.10 Å². The third-order valence-corrected chi connectivity index (χ3v) is 8.02. The third kappa shape index (κ3) is 4.88. The summed E-state index contributed by atoms with van der Waals surface area (Å²) in [6, 6.07) is 10.1. The van der Waals surface area contributed by atoms with Crippen molar-refractivity contribution in [3.05, 3.63) is 42.0 Å². The summed E-state index contributed by atoms with van der Waals surface area (Å²) in [4.78, 5) is 24.9. The average Bonchev–Trinajstić information content (AvgIpc) is 2.81. The Kier molecular flexibility index (Phi) is 6.81. The van der Waals surface area contributed by atoms with Crippen molar-refractivity contribution in [1.29, 1.82) is 0 Å². The second kappa shape index (κ2) is 9.63. The summed E-state index contributed by atoms with van der Waals surface area (Å²) in [5.74, 6) is 0.0708. The van der Waals surface area contributed by atoms with E-state index in [9.17, 15) is 18.0 Å². The Labute approximate surface area is 199 Å². The smallest absolute Gasteiger partial charge is 0.265 e. The number of sulfonamides is 1. The number of hydrogen-bond donors (Lipinski definition) is 2. The lowest BCUT2D eigenvalue weighted by Crippen LogP contribution is -2.44. The van der Waals surface area contributed by atoms with Crippen molar-refractivity contribution in [3.8, 4) is 11.5 Å². The summed E-state index contributed by atoms with van der Waals surface area (Å²) in [7, 11) is -3.86. The van der Waals surface area contributed by atoms with Crippen LogP contribution in [0.15, 0.2) is 41.3 Å². The zero-order valence-corrected chi connectivity index (χ0v) is 20.3. The van der Waals surface area contributed by atoms with Gasteiger partial charge in [-0.25, -0.2) is 8.42 Å². The Morgan fingerprint density at radius 1 is 1.26 bits per heavy atom. The fourth-order valence-electron chi connectivity index (χ4n) is 4.18. The SMILES string of the molecule is CCOc1ccc(NC(=O)[C@H]2CCCN(S(=O)(=O)c3cc4c(cc3C)NC(=O)[C@H](C)O4)C2)cc1. The molecule has 0 spiro atoms. The standard InChI is InChI=1S/C24H29N3O6S/c1-4-32-19-9-7-18(8-10-19)25-24(29)17-6-5-11-27(14-17)34(30,31)22-13-21-20(12-15(22)2)26-23(28)16(3)33-21/h7-10,12-13,16-17H,4-6,11,14H2,1-3H3,(H,25,29)(H,26,28)/t16-,17-/m0/s1. The van der Waals surface area contributed by atoms with Gasteiger partial charge in [0.05, 0.1) is 23.1 Å². The van der Waals surface area contributed by atoms with Crippen LogP contribution in [-0.2, 0) is 19.6 Å². The van der Waals surface area contributed by atoms with Crippen LogP contribution >= 0.6 is 0 Å². The van der Waals surface area contributed by atoms with Gasteiger partial charge < -0.3 is 20.1 Å². The van der Waals surface area contributed by atoms with Gasteiger partial charge in [-0.05, 0) is 69.5 Å². The Morgan fingerprint density at radius 3 is 2.71 bits per heavy atom. The molecule has 2 aromatic rings. The molecular formula is C24H29N3O6S. The molecule has 1 saturated heterocycles. The zero-order chi connectivity index (χ0) is 24.5. The summed E-state index contributed by atoms with van der Waals surface area (Å²) < 4.78 is 39.4. The maximum Gasteiger partial charge on any atom is 0.265 e. The molecule has 2 aromatic carbocycles. The van der Waals surface area contributed by atoms with Gasteiger partial charge >= 0.3 is 0 Å². The van der Waals surface area contributed by atoms with Crippen molar-refractivity contribution in [1.82, 2.24) is 4.31 Å². The minimum Gasteiger partial charge on any atom is -0.494 e. The summed E-state index contributed by atoms with van der Waals surface area (Å²) in [5.41, 5.74) is 1.58. The minimum absolute atomic E-state index is 0.0930. The molecule has 2 aliphatic heterocycles. The van der Waals surface area contributed by atoms with Gasteiger partial charge in [0.1, 0.15) is 11.5 Å². The van der Waals surface area contributed by atoms with E-state index in [4.69, 9.17) is 9.47 Å². The number of rotatable bonds is 6. The van der Waals surface area contributed by atoms with Gasteiger partial charge in [-0.1, -0.05) is 0 Å². The molecule has 0 bridgehead atoms. The molecule has 182 valence electrons. The highest BCUT2D eigenvalue weighted by atomic mass is 32.2. The molecule has 0 unspecified atom stereocenters. The lowest BCUT2D eigenvalue weighted by atomic mass is 9.99. The van der Waals surface area contributed by atoms with Crippen molar-refractivity contribution < 1.29 is 27.5 Å². The van der Waals surface area contributed by atoms with E-state index in [1.54, 1.807) is 44.2 Å². The lowest BCUT2D eigenvalue weighted by molar-refractivity contribution is -0.123. The highest BCUT2D eigenvalue weighted by molar-refractivity contribution is 7.89. The molecule has 2 amide bonds. The Bertz CT molecular complexity index is 1200. The molecule has 0 aliphatic carbocycles. The van der Waals surface area contributed by atoms with E-state index in [1.165, 1.54) is 10.4 Å². The molecule has 0 saturated carbocycles. The predicted octanol–water partition coefficient (Wildman–Crippen LogP) is 3.15. The molecule has 2 heterocycles. The number of amides is 2. The van der Waals surface area contributed by atoms with Crippen LogP contribution in [0.1, 0.15) is 32.3 Å². The Hall–Kier alpha value is -3.11. The van der Waals surface area contributed by atoms with Gasteiger partial charge in [0.2, 0.25) is 15.9 Å². The molecule has 1 fully saturated rings. The van der Waals surface area contributed by atoms with Crippen LogP contribution in [0.4, 0.5) is 11.4 Å². The molecule has 0 aromatic heterocycles. The van der Waals surface area contributed by atoms with E-state index in [0.717, 1.165) is 0 Å². The first-order valence-electron chi connectivity index (χ1n) is 11.3. The Balaban J connectivity index is 1.49. The third-order valence-electron chi connectivity index (χ3n) is 6.01. The number of aryl methyl sites for hydroxylation is 1. The molecule has 9 nitrogen and oxygen atoms in total. The van der Waals surface area contributed by atoms with E-state index in [2.05, 4.69) is 10.6 Å². The fourth-order valence-corrected chi connectivity index (χ4v) is 5.93. The number of nitrogens with zero attached hydrogens (tertiary/aromatic N) is 1. The Morgan fingerprint density at radius 2 is 2.00 bits per heavy atom. The molecule has 2 aliphatic rings. The number of fused-ring (bicyclic) bond motifs is 1. The van der Waals surface area contributed by atoms with Crippen LogP contribution in [0.5, 0.6) is 11.5 Å². The molecule has 4 rings (SSSR count). The van der Waals surface area contributed by atoms with E-state index in [-0.39, 0.29) is 23.3 Å². The van der Waals surface area contributed by atoms with Crippen LogP contribution in [0.2, 0.25) is 0 Å². The highest BCUT2D eigenvalue weighted by Gasteiger charge is 2.35.